The van der Waals surface area contributed by atoms with Gasteiger partial charge in [-0.15, -0.1) is 6.42 Å². The van der Waals surface area contributed by atoms with Gasteiger partial charge in [-0.05, 0) is 37.5 Å². The second kappa shape index (κ2) is 11.6. The molecule has 0 aliphatic carbocycles. The largest absolute Gasteiger partial charge is 0.491 e. The molecule has 1 aliphatic rings. The van der Waals surface area contributed by atoms with Gasteiger partial charge in [0.2, 0.25) is 0 Å². The van der Waals surface area contributed by atoms with Crippen LogP contribution in [0, 0.1) is 12.3 Å². The Bertz CT molecular complexity index is 784. The number of benzene rings is 1. The van der Waals surface area contributed by atoms with Crippen molar-refractivity contribution in [2.45, 2.75) is 39.7 Å². The summed E-state index contributed by atoms with van der Waals surface area (Å²) in [5, 5.41) is 3.92. The van der Waals surface area contributed by atoms with E-state index in [1.807, 2.05) is 32.9 Å². The van der Waals surface area contributed by atoms with Crippen LogP contribution >= 0.6 is 23.2 Å². The van der Waals surface area contributed by atoms with Crippen LogP contribution in [0.2, 0.25) is 10.0 Å². The standard InChI is InChI=1S/C19H20Cl2N2O3.C2H6/c1-4-9-23-11-14(17(26-3)19(23)25)18(24)22-12(2)5-6-13-7-8-15(20)16(21)10-13;1-2/h1,7-8,10,12H,5-6,9,11H2,2-3H3,(H,22,24);1-2H3. The SMILES string of the molecule is C#CCN1CC(C(=O)NC(C)CCc2ccc(Cl)c(Cl)c2)=C(OC)C1=O.CC. The Labute approximate surface area is 177 Å². The maximum Gasteiger partial charge on any atom is 0.290 e. The molecule has 0 saturated carbocycles. The van der Waals surface area contributed by atoms with E-state index in [0.29, 0.717) is 22.0 Å². The number of carbonyl (C=O) groups excluding carboxylic acids is 2. The molecule has 0 fully saturated rings. The van der Waals surface area contributed by atoms with Crippen LogP contribution < -0.4 is 5.32 Å². The molecular formula is C21H26Cl2N2O3. The molecule has 0 radical (unpaired) electrons. The third kappa shape index (κ3) is 6.19. The van der Waals surface area contributed by atoms with Gasteiger partial charge in [-0.3, -0.25) is 9.59 Å². The molecule has 2 rings (SSSR count). The van der Waals surface area contributed by atoms with Gasteiger partial charge >= 0.3 is 0 Å². The minimum Gasteiger partial charge on any atom is -0.491 e. The van der Waals surface area contributed by atoms with Crippen molar-refractivity contribution in [3.63, 3.8) is 0 Å². The Kier molecular flexibility index (Phi) is 9.92. The number of halogens is 2. The molecule has 28 heavy (non-hydrogen) atoms. The summed E-state index contributed by atoms with van der Waals surface area (Å²) in [7, 11) is 1.37. The quantitative estimate of drug-likeness (QED) is 0.676. The van der Waals surface area contributed by atoms with E-state index < -0.39 is 0 Å². The van der Waals surface area contributed by atoms with Gasteiger partial charge in [-0.2, -0.15) is 0 Å². The van der Waals surface area contributed by atoms with Crippen molar-refractivity contribution < 1.29 is 14.3 Å². The predicted octanol–water partition coefficient (Wildman–Crippen LogP) is 3.83. The lowest BCUT2D eigenvalue weighted by molar-refractivity contribution is -0.127. The highest BCUT2D eigenvalue weighted by molar-refractivity contribution is 6.42. The maximum absolute atomic E-state index is 12.5. The van der Waals surface area contributed by atoms with Gasteiger partial charge in [0.25, 0.3) is 11.8 Å². The minimum absolute atomic E-state index is 0.0504. The minimum atomic E-state index is -0.362. The monoisotopic (exact) mass is 424 g/mol. The first kappa shape index (κ1) is 23.9. The fourth-order valence-electron chi connectivity index (χ4n) is 2.69. The number of methoxy groups -OCH3 is 1. The predicted molar refractivity (Wildman–Crippen MR) is 113 cm³/mol. The Morgan fingerprint density at radius 3 is 2.61 bits per heavy atom. The van der Waals surface area contributed by atoms with E-state index in [1.54, 1.807) is 6.07 Å². The summed E-state index contributed by atoms with van der Waals surface area (Å²) in [4.78, 5) is 26.1. The van der Waals surface area contributed by atoms with Gasteiger partial charge in [-0.25, -0.2) is 0 Å². The second-order valence-corrected chi connectivity index (χ2v) is 6.85. The summed E-state index contributed by atoms with van der Waals surface area (Å²) in [5.74, 6) is 1.77. The molecule has 1 atom stereocenters. The van der Waals surface area contributed by atoms with E-state index in [1.165, 1.54) is 12.0 Å². The van der Waals surface area contributed by atoms with Crippen molar-refractivity contribution in [2.75, 3.05) is 20.2 Å². The third-order valence-electron chi connectivity index (χ3n) is 4.09. The Morgan fingerprint density at radius 1 is 1.36 bits per heavy atom. The molecule has 2 amide bonds. The van der Waals surface area contributed by atoms with Crippen molar-refractivity contribution in [3.8, 4) is 12.3 Å². The number of rotatable bonds is 7. The van der Waals surface area contributed by atoms with Crippen LogP contribution in [0.15, 0.2) is 29.5 Å². The Hall–Kier alpha value is -2.16. The highest BCUT2D eigenvalue weighted by Gasteiger charge is 2.34. The van der Waals surface area contributed by atoms with E-state index in [-0.39, 0.29) is 36.7 Å². The van der Waals surface area contributed by atoms with Crippen LogP contribution in [0.25, 0.3) is 0 Å². The topological polar surface area (TPSA) is 58.6 Å². The van der Waals surface area contributed by atoms with Crippen LogP contribution in [-0.4, -0.2) is 43.0 Å². The molecule has 1 aromatic carbocycles. The summed E-state index contributed by atoms with van der Waals surface area (Å²) < 4.78 is 5.10. The Morgan fingerprint density at radius 2 is 2.04 bits per heavy atom. The van der Waals surface area contributed by atoms with E-state index in [2.05, 4.69) is 11.2 Å². The lowest BCUT2D eigenvalue weighted by atomic mass is 10.1. The molecule has 1 aliphatic heterocycles. The van der Waals surface area contributed by atoms with E-state index in [4.69, 9.17) is 34.4 Å². The molecular weight excluding hydrogens is 399 g/mol. The number of nitrogens with zero attached hydrogens (tertiary/aromatic N) is 1. The van der Waals surface area contributed by atoms with Crippen molar-refractivity contribution in [2.24, 2.45) is 0 Å². The zero-order chi connectivity index (χ0) is 21.3. The molecule has 5 nitrogen and oxygen atoms in total. The van der Waals surface area contributed by atoms with Crippen LogP contribution in [0.4, 0.5) is 0 Å². The third-order valence-corrected chi connectivity index (χ3v) is 4.83. The smallest absolute Gasteiger partial charge is 0.290 e. The van der Waals surface area contributed by atoms with Crippen LogP contribution in [0.3, 0.4) is 0 Å². The molecule has 1 heterocycles. The molecule has 0 spiro atoms. The fourth-order valence-corrected chi connectivity index (χ4v) is 3.01. The van der Waals surface area contributed by atoms with E-state index >= 15 is 0 Å². The average Bonchev–Trinajstić information content (AvgIpc) is 3.00. The first-order valence-electron chi connectivity index (χ1n) is 9.12. The molecule has 0 saturated heterocycles. The van der Waals surface area contributed by atoms with Gasteiger partial charge in [-0.1, -0.05) is 49.0 Å². The summed E-state index contributed by atoms with van der Waals surface area (Å²) in [6.07, 6.45) is 6.70. The number of aryl methyl sites for hydroxylation is 1. The first-order chi connectivity index (χ1) is 13.4. The number of hydrogen-bond acceptors (Lipinski definition) is 3. The zero-order valence-electron chi connectivity index (χ0n) is 16.6. The summed E-state index contributed by atoms with van der Waals surface area (Å²) in [6, 6.07) is 5.38. The fraction of sp³-hybridized carbons (Fsp3) is 0.429. The van der Waals surface area contributed by atoms with Gasteiger partial charge in [0.1, 0.15) is 0 Å². The van der Waals surface area contributed by atoms with Crippen molar-refractivity contribution in [1.29, 1.82) is 0 Å². The Balaban J connectivity index is 0.00000190. The van der Waals surface area contributed by atoms with Crippen LogP contribution in [0.5, 0.6) is 0 Å². The van der Waals surface area contributed by atoms with Crippen molar-refractivity contribution in [3.05, 3.63) is 45.1 Å². The lowest BCUT2D eigenvalue weighted by Crippen LogP contribution is -2.35. The number of terminal acetylenes is 1. The normalized spacial score (nSPS) is 14.2. The number of carbonyl (C=O) groups is 2. The molecule has 1 unspecified atom stereocenters. The van der Waals surface area contributed by atoms with Crippen LogP contribution in [0.1, 0.15) is 32.8 Å². The van der Waals surface area contributed by atoms with Gasteiger partial charge in [0.05, 0.1) is 35.8 Å². The zero-order valence-corrected chi connectivity index (χ0v) is 18.2. The summed E-state index contributed by atoms with van der Waals surface area (Å²) in [6.45, 7) is 6.19. The average molecular weight is 425 g/mol. The van der Waals surface area contributed by atoms with Gasteiger partial charge in [0, 0.05) is 6.04 Å². The van der Waals surface area contributed by atoms with E-state index in [9.17, 15) is 9.59 Å². The van der Waals surface area contributed by atoms with Crippen LogP contribution in [-0.2, 0) is 20.7 Å². The summed E-state index contributed by atoms with van der Waals surface area (Å²) >= 11 is 11.9. The van der Waals surface area contributed by atoms with Crippen molar-refractivity contribution >= 4 is 35.0 Å². The van der Waals surface area contributed by atoms with Gasteiger partial charge in [0.15, 0.2) is 5.76 Å². The highest BCUT2D eigenvalue weighted by atomic mass is 35.5. The summed E-state index contributed by atoms with van der Waals surface area (Å²) in [5.41, 5.74) is 1.34. The highest BCUT2D eigenvalue weighted by Crippen LogP contribution is 2.23. The molecule has 152 valence electrons. The molecule has 1 aromatic rings. The number of ether oxygens (including phenoxy) is 1. The first-order valence-corrected chi connectivity index (χ1v) is 9.87. The number of nitrogens with one attached hydrogen (secondary N) is 1. The van der Waals surface area contributed by atoms with Gasteiger partial charge < -0.3 is 15.0 Å². The molecule has 0 aromatic heterocycles. The molecule has 1 N–H and O–H groups in total. The molecule has 7 heteroatoms. The van der Waals surface area contributed by atoms with Crippen molar-refractivity contribution in [1.82, 2.24) is 10.2 Å². The molecule has 0 bridgehead atoms. The maximum atomic E-state index is 12.5. The van der Waals surface area contributed by atoms with E-state index in [0.717, 1.165) is 12.0 Å². The lowest BCUT2D eigenvalue weighted by Gasteiger charge is -2.15. The number of amides is 2. The second-order valence-electron chi connectivity index (χ2n) is 6.04. The number of hydrogen-bond donors (Lipinski definition) is 1.